The van der Waals surface area contributed by atoms with Gasteiger partial charge in [0.25, 0.3) is 5.91 Å². The minimum atomic E-state index is -1.81. The minimum absolute atomic E-state index is 0.0412. The summed E-state index contributed by atoms with van der Waals surface area (Å²) in [5.41, 5.74) is -2.23. The van der Waals surface area contributed by atoms with E-state index in [1.54, 1.807) is 6.07 Å². The van der Waals surface area contributed by atoms with Gasteiger partial charge in [-0.15, -0.1) is 0 Å². The lowest BCUT2D eigenvalue weighted by Gasteiger charge is -2.45. The molecule has 1 saturated heterocycles. The fraction of sp³-hybridized carbons (Fsp3) is 0.364. The van der Waals surface area contributed by atoms with Crippen LogP contribution in [0.1, 0.15) is 34.3 Å². The standard InChI is InChI=1S/C22H21F3INO5/c23-17-5-4-15(16(20(17)25)7-12-1-2-13(26)8-18(12)24)21(31)27-10-22(32,11-27)19(30)6-3-14(29)9-28/h1-2,4-5,8,14,28-29,32H,3,6-7,9-11H2. The summed E-state index contributed by atoms with van der Waals surface area (Å²) >= 11 is 1.91. The van der Waals surface area contributed by atoms with Gasteiger partial charge in [-0.3, -0.25) is 9.59 Å². The summed E-state index contributed by atoms with van der Waals surface area (Å²) in [6, 6.07) is 6.16. The molecule has 0 aliphatic carbocycles. The van der Waals surface area contributed by atoms with Crippen LogP contribution in [-0.4, -0.2) is 63.3 Å². The second kappa shape index (κ2) is 9.86. The summed E-state index contributed by atoms with van der Waals surface area (Å²) in [4.78, 5) is 26.2. The minimum Gasteiger partial charge on any atom is -0.394 e. The van der Waals surface area contributed by atoms with Crippen LogP contribution in [0.15, 0.2) is 30.3 Å². The third-order valence-corrected chi connectivity index (χ3v) is 6.11. The number of likely N-dealkylation sites (tertiary alicyclic amines) is 1. The van der Waals surface area contributed by atoms with Crippen molar-refractivity contribution in [3.05, 3.63) is 68.0 Å². The van der Waals surface area contributed by atoms with E-state index in [4.69, 9.17) is 5.11 Å². The number of aliphatic hydroxyl groups excluding tert-OH is 2. The number of halogens is 4. The normalized spacial score (nSPS) is 15.9. The first-order chi connectivity index (χ1) is 15.1. The quantitative estimate of drug-likeness (QED) is 0.428. The highest BCUT2D eigenvalue weighted by atomic mass is 127. The molecule has 6 nitrogen and oxygen atoms in total. The highest BCUT2D eigenvalue weighted by molar-refractivity contribution is 14.1. The van der Waals surface area contributed by atoms with E-state index in [0.29, 0.717) is 3.57 Å². The van der Waals surface area contributed by atoms with Crippen molar-refractivity contribution >= 4 is 34.3 Å². The molecule has 1 heterocycles. The van der Waals surface area contributed by atoms with Gasteiger partial charge in [0.2, 0.25) is 0 Å². The van der Waals surface area contributed by atoms with Gasteiger partial charge in [-0.05, 0) is 58.8 Å². The lowest BCUT2D eigenvalue weighted by molar-refractivity contribution is -0.152. The van der Waals surface area contributed by atoms with Gasteiger partial charge in [-0.25, -0.2) is 13.2 Å². The Morgan fingerprint density at radius 3 is 2.44 bits per heavy atom. The van der Waals surface area contributed by atoms with Crippen molar-refractivity contribution in [1.82, 2.24) is 4.90 Å². The highest BCUT2D eigenvalue weighted by Crippen LogP contribution is 2.29. The molecular formula is C22H21F3INO5. The average molecular weight is 563 g/mol. The van der Waals surface area contributed by atoms with Crippen molar-refractivity contribution in [3.63, 3.8) is 0 Å². The van der Waals surface area contributed by atoms with Crippen molar-refractivity contribution < 1.29 is 38.1 Å². The third-order valence-electron chi connectivity index (χ3n) is 5.44. The van der Waals surface area contributed by atoms with Gasteiger partial charge in [0.15, 0.2) is 23.0 Å². The van der Waals surface area contributed by atoms with Crippen molar-refractivity contribution in [3.8, 4) is 0 Å². The molecule has 1 fully saturated rings. The van der Waals surface area contributed by atoms with E-state index in [1.807, 2.05) is 22.6 Å². The van der Waals surface area contributed by atoms with Gasteiger partial charge >= 0.3 is 0 Å². The molecule has 3 N–H and O–H groups in total. The number of β-amino-alcohol motifs (C(OH)–C–C–N with tert-alkyl or cyclic N) is 1. The maximum absolute atomic E-state index is 14.6. The van der Waals surface area contributed by atoms with Crippen molar-refractivity contribution in [2.45, 2.75) is 31.0 Å². The van der Waals surface area contributed by atoms with Gasteiger partial charge in [-0.2, -0.15) is 0 Å². The first-order valence-electron chi connectivity index (χ1n) is 9.80. The number of benzene rings is 2. The average Bonchev–Trinajstić information content (AvgIpc) is 2.73. The summed E-state index contributed by atoms with van der Waals surface area (Å²) in [7, 11) is 0. The lowest BCUT2D eigenvalue weighted by atomic mass is 9.85. The number of ketones is 1. The first-order valence-corrected chi connectivity index (χ1v) is 10.9. The Kier molecular flexibility index (Phi) is 7.58. The van der Waals surface area contributed by atoms with E-state index in [2.05, 4.69) is 0 Å². The van der Waals surface area contributed by atoms with E-state index in [0.717, 1.165) is 17.0 Å². The highest BCUT2D eigenvalue weighted by Gasteiger charge is 2.49. The number of amides is 1. The molecule has 1 amide bonds. The number of carbonyl (C=O) groups excluding carboxylic acids is 2. The van der Waals surface area contributed by atoms with Gasteiger partial charge in [0.05, 0.1) is 25.8 Å². The molecule has 0 spiro atoms. The van der Waals surface area contributed by atoms with Gasteiger partial charge in [0.1, 0.15) is 5.82 Å². The van der Waals surface area contributed by atoms with Crippen LogP contribution >= 0.6 is 22.6 Å². The van der Waals surface area contributed by atoms with Crippen LogP contribution in [0.5, 0.6) is 0 Å². The van der Waals surface area contributed by atoms with Crippen LogP contribution in [0.4, 0.5) is 13.2 Å². The molecule has 1 atom stereocenters. The molecule has 1 unspecified atom stereocenters. The molecule has 0 aromatic heterocycles. The molecule has 3 rings (SSSR count). The number of aliphatic hydroxyl groups is 3. The van der Waals surface area contributed by atoms with Gasteiger partial charge < -0.3 is 20.2 Å². The Labute approximate surface area is 195 Å². The Balaban J connectivity index is 1.78. The molecule has 0 saturated carbocycles. The topological polar surface area (TPSA) is 98.1 Å². The lowest BCUT2D eigenvalue weighted by Crippen LogP contribution is -2.67. The van der Waals surface area contributed by atoms with E-state index in [9.17, 15) is 33.0 Å². The summed E-state index contributed by atoms with van der Waals surface area (Å²) in [6.07, 6.45) is -1.68. The third kappa shape index (κ3) is 5.13. The molecule has 1 aliphatic heterocycles. The molecular weight excluding hydrogens is 542 g/mol. The molecule has 2 aromatic rings. The van der Waals surface area contributed by atoms with E-state index in [-0.39, 0.29) is 49.0 Å². The molecule has 172 valence electrons. The van der Waals surface area contributed by atoms with E-state index < -0.39 is 47.5 Å². The smallest absolute Gasteiger partial charge is 0.254 e. The number of hydrogen-bond donors (Lipinski definition) is 3. The zero-order valence-corrected chi connectivity index (χ0v) is 19.0. The molecule has 32 heavy (non-hydrogen) atoms. The summed E-state index contributed by atoms with van der Waals surface area (Å²) in [5.74, 6) is -4.38. The van der Waals surface area contributed by atoms with Crippen molar-refractivity contribution in [1.29, 1.82) is 0 Å². The molecule has 1 aliphatic rings. The van der Waals surface area contributed by atoms with Gasteiger partial charge in [-0.1, -0.05) is 6.07 Å². The maximum atomic E-state index is 14.6. The van der Waals surface area contributed by atoms with Crippen LogP contribution in [0, 0.1) is 21.0 Å². The number of Topliss-reactive ketones (excluding diaryl/α,β-unsaturated/α-hetero) is 1. The van der Waals surface area contributed by atoms with Crippen molar-refractivity contribution in [2.75, 3.05) is 19.7 Å². The number of carbonyl (C=O) groups is 2. The fourth-order valence-corrected chi connectivity index (χ4v) is 3.97. The summed E-state index contributed by atoms with van der Waals surface area (Å²) < 4.78 is 43.3. The zero-order chi connectivity index (χ0) is 23.6. The Hall–Kier alpha value is -2.02. The Bertz CT molecular complexity index is 1040. The second-order valence-corrected chi connectivity index (χ2v) is 9.04. The summed E-state index contributed by atoms with van der Waals surface area (Å²) in [5, 5.41) is 28.6. The maximum Gasteiger partial charge on any atom is 0.254 e. The predicted molar refractivity (Wildman–Crippen MR) is 116 cm³/mol. The number of rotatable bonds is 8. The van der Waals surface area contributed by atoms with E-state index in [1.165, 1.54) is 12.1 Å². The monoisotopic (exact) mass is 563 g/mol. The number of hydrogen-bond acceptors (Lipinski definition) is 5. The molecule has 0 bridgehead atoms. The second-order valence-electron chi connectivity index (χ2n) is 7.79. The van der Waals surface area contributed by atoms with Crippen LogP contribution in [-0.2, 0) is 11.2 Å². The van der Waals surface area contributed by atoms with E-state index >= 15 is 0 Å². The van der Waals surface area contributed by atoms with Gasteiger partial charge in [0, 0.05) is 27.5 Å². The molecule has 2 aromatic carbocycles. The van der Waals surface area contributed by atoms with Crippen LogP contribution in [0.25, 0.3) is 0 Å². The zero-order valence-electron chi connectivity index (χ0n) is 16.8. The summed E-state index contributed by atoms with van der Waals surface area (Å²) in [6.45, 7) is -1.22. The predicted octanol–water partition coefficient (Wildman–Crippen LogP) is 2.19. The van der Waals surface area contributed by atoms with Crippen LogP contribution in [0.3, 0.4) is 0 Å². The van der Waals surface area contributed by atoms with Crippen molar-refractivity contribution in [2.24, 2.45) is 0 Å². The van der Waals surface area contributed by atoms with Crippen LogP contribution < -0.4 is 0 Å². The largest absolute Gasteiger partial charge is 0.394 e. The Morgan fingerprint density at radius 2 is 1.81 bits per heavy atom. The first kappa shape index (κ1) is 24.6. The Morgan fingerprint density at radius 1 is 1.12 bits per heavy atom. The SMILES string of the molecule is O=C(c1ccc(F)c(F)c1Cc1ccc(I)cc1F)N1CC(O)(C(=O)CCC(O)CO)C1. The molecule has 10 heteroatoms. The number of nitrogens with zero attached hydrogens (tertiary/aromatic N) is 1. The van der Waals surface area contributed by atoms with Crippen LogP contribution in [0.2, 0.25) is 0 Å². The fourth-order valence-electron chi connectivity index (χ4n) is 3.52. The molecule has 0 radical (unpaired) electrons.